The number of ether oxygens (including phenoxy) is 1. The summed E-state index contributed by atoms with van der Waals surface area (Å²) in [5, 5.41) is 0. The summed E-state index contributed by atoms with van der Waals surface area (Å²) in [4.78, 5) is 2.22. The van der Waals surface area contributed by atoms with E-state index in [2.05, 4.69) is 36.2 Å². The molecule has 1 aromatic rings. The molecule has 0 bridgehead atoms. The smallest absolute Gasteiger partial charge is 0.0479 e. The first kappa shape index (κ1) is 12.3. The molecule has 0 unspecified atom stereocenters. The number of halogens is 1. The SMILES string of the molecule is COCCCN(C)c1ccc(CCl)cc1. The molecule has 0 aliphatic carbocycles. The van der Waals surface area contributed by atoms with E-state index in [1.165, 1.54) is 5.69 Å². The van der Waals surface area contributed by atoms with E-state index >= 15 is 0 Å². The molecule has 0 amide bonds. The van der Waals surface area contributed by atoms with Crippen molar-refractivity contribution in [1.29, 1.82) is 0 Å². The van der Waals surface area contributed by atoms with E-state index in [9.17, 15) is 0 Å². The summed E-state index contributed by atoms with van der Waals surface area (Å²) in [5.41, 5.74) is 2.38. The van der Waals surface area contributed by atoms with Gasteiger partial charge in [-0.2, -0.15) is 0 Å². The molecule has 15 heavy (non-hydrogen) atoms. The van der Waals surface area contributed by atoms with Gasteiger partial charge in [-0.05, 0) is 24.1 Å². The Labute approximate surface area is 96.8 Å². The monoisotopic (exact) mass is 227 g/mol. The van der Waals surface area contributed by atoms with Crippen molar-refractivity contribution in [2.45, 2.75) is 12.3 Å². The summed E-state index contributed by atoms with van der Waals surface area (Å²) in [6.45, 7) is 1.82. The molecular weight excluding hydrogens is 210 g/mol. The number of nitrogens with zero attached hydrogens (tertiary/aromatic N) is 1. The first-order valence-corrected chi connectivity index (χ1v) is 5.66. The van der Waals surface area contributed by atoms with E-state index < -0.39 is 0 Å². The van der Waals surface area contributed by atoms with Crippen LogP contribution in [0.25, 0.3) is 0 Å². The van der Waals surface area contributed by atoms with Crippen molar-refractivity contribution in [3.63, 3.8) is 0 Å². The highest BCUT2D eigenvalue weighted by Gasteiger charge is 2.00. The van der Waals surface area contributed by atoms with Gasteiger partial charge >= 0.3 is 0 Å². The minimum Gasteiger partial charge on any atom is -0.385 e. The molecule has 0 N–H and O–H groups in total. The number of hydrogen-bond donors (Lipinski definition) is 0. The van der Waals surface area contributed by atoms with Crippen LogP contribution in [0, 0.1) is 0 Å². The van der Waals surface area contributed by atoms with Gasteiger partial charge in [0.1, 0.15) is 0 Å². The second-order valence-electron chi connectivity index (χ2n) is 3.57. The number of rotatable bonds is 6. The quantitative estimate of drug-likeness (QED) is 0.547. The van der Waals surface area contributed by atoms with Crippen molar-refractivity contribution < 1.29 is 4.74 Å². The van der Waals surface area contributed by atoms with Crippen molar-refractivity contribution in [1.82, 2.24) is 0 Å². The molecule has 0 spiro atoms. The minimum atomic E-state index is 0.577. The van der Waals surface area contributed by atoms with Gasteiger partial charge in [-0.3, -0.25) is 0 Å². The van der Waals surface area contributed by atoms with Crippen LogP contribution in [0.5, 0.6) is 0 Å². The van der Waals surface area contributed by atoms with Crippen LogP contribution >= 0.6 is 11.6 Å². The maximum Gasteiger partial charge on any atom is 0.0479 e. The van der Waals surface area contributed by atoms with Gasteiger partial charge in [-0.25, -0.2) is 0 Å². The van der Waals surface area contributed by atoms with Crippen molar-refractivity contribution in [2.24, 2.45) is 0 Å². The van der Waals surface area contributed by atoms with Crippen molar-refractivity contribution in [3.05, 3.63) is 29.8 Å². The van der Waals surface area contributed by atoms with Gasteiger partial charge in [-0.15, -0.1) is 11.6 Å². The van der Waals surface area contributed by atoms with Crippen LogP contribution in [0.15, 0.2) is 24.3 Å². The van der Waals surface area contributed by atoms with E-state index in [-0.39, 0.29) is 0 Å². The summed E-state index contributed by atoms with van der Waals surface area (Å²) in [5.74, 6) is 0.577. The second kappa shape index (κ2) is 6.70. The molecular formula is C12H18ClNO. The third kappa shape index (κ3) is 4.10. The zero-order chi connectivity index (χ0) is 11.1. The lowest BCUT2D eigenvalue weighted by molar-refractivity contribution is 0.196. The standard InChI is InChI=1S/C12H18ClNO/c1-14(8-3-9-15-2)12-6-4-11(10-13)5-7-12/h4-7H,3,8-10H2,1-2H3. The van der Waals surface area contributed by atoms with E-state index in [1.54, 1.807) is 7.11 Å². The zero-order valence-corrected chi connectivity index (χ0v) is 10.1. The van der Waals surface area contributed by atoms with Gasteiger partial charge in [0.2, 0.25) is 0 Å². The first-order valence-electron chi connectivity index (χ1n) is 5.13. The van der Waals surface area contributed by atoms with Crippen LogP contribution in [-0.4, -0.2) is 27.3 Å². The highest BCUT2D eigenvalue weighted by atomic mass is 35.5. The Kier molecular flexibility index (Phi) is 5.51. The lowest BCUT2D eigenvalue weighted by atomic mass is 10.2. The zero-order valence-electron chi connectivity index (χ0n) is 9.37. The Morgan fingerprint density at radius 1 is 1.27 bits per heavy atom. The fourth-order valence-corrected chi connectivity index (χ4v) is 1.59. The Bertz CT molecular complexity index is 273. The van der Waals surface area contributed by atoms with Crippen LogP contribution in [0.4, 0.5) is 5.69 Å². The third-order valence-electron chi connectivity index (χ3n) is 2.37. The van der Waals surface area contributed by atoms with Crippen molar-refractivity contribution in [3.8, 4) is 0 Å². The molecule has 1 rings (SSSR count). The Balaban J connectivity index is 2.46. The topological polar surface area (TPSA) is 12.5 Å². The number of methoxy groups -OCH3 is 1. The van der Waals surface area contributed by atoms with Gasteiger partial charge in [-0.1, -0.05) is 12.1 Å². The molecule has 0 aromatic heterocycles. The molecule has 0 fully saturated rings. The maximum atomic E-state index is 5.73. The molecule has 2 nitrogen and oxygen atoms in total. The molecule has 0 aliphatic rings. The molecule has 0 radical (unpaired) electrons. The predicted octanol–water partition coefficient (Wildman–Crippen LogP) is 2.90. The highest BCUT2D eigenvalue weighted by Crippen LogP contribution is 2.14. The average Bonchev–Trinajstić information content (AvgIpc) is 2.29. The van der Waals surface area contributed by atoms with Crippen LogP contribution < -0.4 is 4.90 Å². The number of benzene rings is 1. The van der Waals surface area contributed by atoms with Gasteiger partial charge in [0.15, 0.2) is 0 Å². The molecule has 0 atom stereocenters. The summed E-state index contributed by atoms with van der Waals surface area (Å²) in [6, 6.07) is 8.33. The Hall–Kier alpha value is -0.730. The molecule has 1 aromatic carbocycles. The maximum absolute atomic E-state index is 5.73. The molecule has 0 heterocycles. The first-order chi connectivity index (χ1) is 7.27. The Morgan fingerprint density at radius 3 is 2.47 bits per heavy atom. The summed E-state index contributed by atoms with van der Waals surface area (Å²) < 4.78 is 5.02. The average molecular weight is 228 g/mol. The van der Waals surface area contributed by atoms with Crippen LogP contribution in [0.3, 0.4) is 0 Å². The van der Waals surface area contributed by atoms with Crippen molar-refractivity contribution in [2.75, 3.05) is 32.2 Å². The van der Waals surface area contributed by atoms with E-state index in [0.717, 1.165) is 25.1 Å². The largest absolute Gasteiger partial charge is 0.385 e. The van der Waals surface area contributed by atoms with E-state index in [0.29, 0.717) is 5.88 Å². The fourth-order valence-electron chi connectivity index (χ4n) is 1.41. The number of anilines is 1. The fraction of sp³-hybridized carbons (Fsp3) is 0.500. The number of alkyl halides is 1. The molecule has 84 valence electrons. The van der Waals surface area contributed by atoms with Crippen LogP contribution in [-0.2, 0) is 10.6 Å². The third-order valence-corrected chi connectivity index (χ3v) is 2.68. The number of hydrogen-bond acceptors (Lipinski definition) is 2. The molecule has 0 saturated heterocycles. The van der Waals surface area contributed by atoms with E-state index in [1.807, 2.05) is 0 Å². The van der Waals surface area contributed by atoms with Crippen molar-refractivity contribution >= 4 is 17.3 Å². The van der Waals surface area contributed by atoms with Gasteiger partial charge in [0.25, 0.3) is 0 Å². The van der Waals surface area contributed by atoms with Gasteiger partial charge < -0.3 is 9.64 Å². The molecule has 0 aliphatic heterocycles. The molecule has 0 saturated carbocycles. The normalized spacial score (nSPS) is 10.3. The van der Waals surface area contributed by atoms with Crippen LogP contribution in [0.2, 0.25) is 0 Å². The van der Waals surface area contributed by atoms with Gasteiger partial charge in [0, 0.05) is 38.9 Å². The van der Waals surface area contributed by atoms with E-state index in [4.69, 9.17) is 16.3 Å². The van der Waals surface area contributed by atoms with Crippen LogP contribution in [0.1, 0.15) is 12.0 Å². The highest BCUT2D eigenvalue weighted by molar-refractivity contribution is 6.17. The molecule has 3 heteroatoms. The van der Waals surface area contributed by atoms with Gasteiger partial charge in [0.05, 0.1) is 0 Å². The Morgan fingerprint density at radius 2 is 1.93 bits per heavy atom. The predicted molar refractivity (Wildman–Crippen MR) is 65.8 cm³/mol. The minimum absolute atomic E-state index is 0.577. The summed E-state index contributed by atoms with van der Waals surface area (Å²) in [7, 11) is 3.82. The summed E-state index contributed by atoms with van der Waals surface area (Å²) >= 11 is 5.73. The lowest BCUT2D eigenvalue weighted by Crippen LogP contribution is -2.19. The summed E-state index contributed by atoms with van der Waals surface area (Å²) in [6.07, 6.45) is 1.05. The second-order valence-corrected chi connectivity index (χ2v) is 3.84. The lowest BCUT2D eigenvalue weighted by Gasteiger charge is -2.19.